The summed E-state index contributed by atoms with van der Waals surface area (Å²) in [6.45, 7) is 3.65. The molecule has 9 heavy (non-hydrogen) atoms. The van der Waals surface area contributed by atoms with Crippen LogP contribution in [0.25, 0.3) is 0 Å². The fourth-order valence-corrected chi connectivity index (χ4v) is 0.162. The molecule has 0 aliphatic rings. The average molecular weight is 159 g/mol. The van der Waals surface area contributed by atoms with Gasteiger partial charge in [0.2, 0.25) is 0 Å². The van der Waals surface area contributed by atoms with Crippen LogP contribution in [-0.4, -0.2) is 55.5 Å². The molecule has 0 aromatic carbocycles. The number of carbonyl (C=O) groups is 1. The van der Waals surface area contributed by atoms with E-state index in [-0.39, 0.29) is 40.6 Å². The van der Waals surface area contributed by atoms with Crippen molar-refractivity contribution in [3.05, 3.63) is 12.7 Å². The molecule has 0 aliphatic carbocycles. The van der Waals surface area contributed by atoms with Gasteiger partial charge in [-0.1, -0.05) is 6.08 Å². The maximum absolute atomic E-state index is 9.56. The van der Waals surface area contributed by atoms with E-state index in [9.17, 15) is 4.79 Å². The summed E-state index contributed by atoms with van der Waals surface area (Å²) in [7, 11) is 0. The van der Waals surface area contributed by atoms with Gasteiger partial charge in [-0.25, -0.2) is 4.79 Å². The summed E-state index contributed by atoms with van der Waals surface area (Å²) < 4.78 is 0. The van der Waals surface area contributed by atoms with Crippen molar-refractivity contribution in [2.45, 2.75) is 0 Å². The topological polar surface area (TPSA) is 58.6 Å². The first-order valence-corrected chi connectivity index (χ1v) is 2.01. The monoisotopic (exact) mass is 159 g/mol. The van der Waals surface area contributed by atoms with E-state index in [4.69, 9.17) is 5.11 Å². The van der Waals surface area contributed by atoms with Crippen LogP contribution >= 0.6 is 0 Å². The van der Waals surface area contributed by atoms with Gasteiger partial charge < -0.3 is 12.8 Å². The molecular weight excluding hydrogens is 150 g/mol. The summed E-state index contributed by atoms with van der Waals surface area (Å²) >= 11 is 0. The number of hydrogen-bond acceptors (Lipinski definition) is 3. The molecule has 0 atom stereocenters. The predicted molar refractivity (Wildman–Crippen MR) is 35.3 cm³/mol. The van der Waals surface area contributed by atoms with Crippen LogP contribution in [0.1, 0.15) is 2.85 Å². The Bertz CT molecular complexity index is 103. The van der Waals surface area contributed by atoms with Gasteiger partial charge in [0, 0.05) is 6.54 Å². The Morgan fingerprint density at radius 1 is 2.00 bits per heavy atom. The van der Waals surface area contributed by atoms with E-state index < -0.39 is 6.16 Å². The first-order chi connectivity index (χ1) is 3.77. The number of nitrogens with one attached hydrogen (secondary N) is 1. The molecule has 0 unspecified atom stereocenters. The van der Waals surface area contributed by atoms with Gasteiger partial charge in [0.05, 0.1) is 0 Å². The van der Waals surface area contributed by atoms with E-state index in [0.717, 1.165) is 0 Å². The molecule has 50 valence electrons. The van der Waals surface area contributed by atoms with E-state index in [1.54, 1.807) is 0 Å². The first-order valence-electron chi connectivity index (χ1n) is 2.01. The molecule has 0 saturated carbocycles. The van der Waals surface area contributed by atoms with Gasteiger partial charge in [-0.15, -0.1) is 12.1 Å². The maximum atomic E-state index is 9.56. The Hall–Kier alpha value is 0.230. The third-order valence-corrected chi connectivity index (χ3v) is 0.387. The number of rotatable bonds is 3. The minimum atomic E-state index is -1.34. The van der Waals surface area contributed by atoms with Crippen LogP contribution in [0.15, 0.2) is 12.7 Å². The Kier molecular flexibility index (Phi) is 10.9. The summed E-state index contributed by atoms with van der Waals surface area (Å²) in [6, 6.07) is 0. The van der Waals surface area contributed by atoms with Crippen molar-refractivity contribution in [1.82, 2.24) is 5.48 Å². The van der Waals surface area contributed by atoms with Crippen molar-refractivity contribution in [1.29, 1.82) is 0 Å². The average Bonchev–Trinajstić information content (AvgIpc) is 1.66. The molecule has 0 radical (unpaired) electrons. The van der Waals surface area contributed by atoms with Gasteiger partial charge in [0.25, 0.3) is 0 Å². The van der Waals surface area contributed by atoms with Crippen LogP contribution in [0.3, 0.4) is 0 Å². The van der Waals surface area contributed by atoms with Crippen molar-refractivity contribution < 1.29 is 17.6 Å². The molecule has 0 aliphatic heterocycles. The molecule has 0 spiro atoms. The zero-order valence-corrected chi connectivity index (χ0v) is 7.17. The van der Waals surface area contributed by atoms with E-state index >= 15 is 0 Å². The van der Waals surface area contributed by atoms with Gasteiger partial charge in [-0.2, -0.15) is 0 Å². The number of carboxylic acid groups (broad SMARTS) is 1. The number of hydrogen-bond donors (Lipinski definition) is 2. The maximum Gasteiger partial charge on any atom is 2.00 e. The van der Waals surface area contributed by atoms with E-state index in [1.165, 1.54) is 6.08 Å². The second-order valence-corrected chi connectivity index (χ2v) is 1.01. The van der Waals surface area contributed by atoms with Crippen LogP contribution < -0.4 is 5.48 Å². The van der Waals surface area contributed by atoms with Gasteiger partial charge in [0.15, 0.2) is 0 Å². The summed E-state index contributed by atoms with van der Waals surface area (Å²) in [5.74, 6) is 0. The zero-order chi connectivity index (χ0) is 6.41. The van der Waals surface area contributed by atoms with Crippen LogP contribution in [-0.2, 0) is 4.84 Å². The Balaban J connectivity index is -0.0000000817. The minimum Gasteiger partial charge on any atom is -1.00 e. The Morgan fingerprint density at radius 2 is 2.56 bits per heavy atom. The van der Waals surface area contributed by atoms with Gasteiger partial charge >= 0.3 is 43.9 Å². The molecule has 5 heteroatoms. The molecule has 0 fully saturated rings. The fraction of sp³-hybridized carbons (Fsp3) is 0.250. The zero-order valence-electron chi connectivity index (χ0n) is 6.96. The standard InChI is InChI=1S/C4H7NO3.Ca.2H/c1-2-3-5-8-4(6)7;;;/h2,5H,1,3H2,(H,6,7);;;/q;+2;2*-1. The minimum absolute atomic E-state index is 0. The van der Waals surface area contributed by atoms with Crippen molar-refractivity contribution in [3.63, 3.8) is 0 Å². The summed E-state index contributed by atoms with van der Waals surface area (Å²) in [5, 5.41) is 7.82. The molecule has 0 heterocycles. The second-order valence-electron chi connectivity index (χ2n) is 1.01. The smallest absolute Gasteiger partial charge is 1.00 e. The third-order valence-electron chi connectivity index (χ3n) is 0.387. The molecule has 0 amide bonds. The van der Waals surface area contributed by atoms with Crippen molar-refractivity contribution in [2.75, 3.05) is 6.54 Å². The second kappa shape index (κ2) is 8.23. The molecular formula is C4H9CaNO3. The molecule has 4 nitrogen and oxygen atoms in total. The largest absolute Gasteiger partial charge is 2.00 e. The summed E-state index contributed by atoms with van der Waals surface area (Å²) in [4.78, 5) is 13.4. The van der Waals surface area contributed by atoms with E-state index in [1.807, 2.05) is 0 Å². The molecule has 0 aromatic rings. The molecule has 0 rings (SSSR count). The van der Waals surface area contributed by atoms with Crippen LogP contribution in [0.4, 0.5) is 4.79 Å². The third kappa shape index (κ3) is 11.7. The molecule has 0 saturated heterocycles. The number of hydroxylamine groups is 1. The van der Waals surface area contributed by atoms with Gasteiger partial charge in [-0.3, -0.25) is 0 Å². The van der Waals surface area contributed by atoms with E-state index in [0.29, 0.717) is 6.54 Å². The summed E-state index contributed by atoms with van der Waals surface area (Å²) in [5.41, 5.74) is 2.12. The van der Waals surface area contributed by atoms with Crippen molar-refractivity contribution in [3.8, 4) is 0 Å². The van der Waals surface area contributed by atoms with Gasteiger partial charge in [-0.05, 0) is 0 Å². The van der Waals surface area contributed by atoms with Crippen molar-refractivity contribution in [2.24, 2.45) is 0 Å². The van der Waals surface area contributed by atoms with Crippen LogP contribution in [0.5, 0.6) is 0 Å². The van der Waals surface area contributed by atoms with Crippen molar-refractivity contribution >= 4 is 43.9 Å². The van der Waals surface area contributed by atoms with Crippen LogP contribution in [0, 0.1) is 0 Å². The molecule has 0 aromatic heterocycles. The SMILES string of the molecule is C=CCNOC(=O)O.[Ca+2].[H-].[H-]. The van der Waals surface area contributed by atoms with Crippen LogP contribution in [0.2, 0.25) is 0 Å². The predicted octanol–water partition coefficient (Wildman–Crippen LogP) is 0.216. The van der Waals surface area contributed by atoms with E-state index in [2.05, 4.69) is 16.9 Å². The van der Waals surface area contributed by atoms with Gasteiger partial charge in [0.1, 0.15) is 0 Å². The summed E-state index contributed by atoms with van der Waals surface area (Å²) in [6.07, 6.45) is 0.148. The Labute approximate surface area is 85.8 Å². The quantitative estimate of drug-likeness (QED) is 0.267. The molecule has 0 bridgehead atoms. The Morgan fingerprint density at radius 3 is 2.89 bits per heavy atom. The molecule has 2 N–H and O–H groups in total. The fourth-order valence-electron chi connectivity index (χ4n) is 0.162. The normalized spacial score (nSPS) is 7.11. The first kappa shape index (κ1) is 12.0.